The highest BCUT2D eigenvalue weighted by molar-refractivity contribution is 5.92. The molecule has 0 aromatic rings. The number of hydrogen-bond acceptors (Lipinski definition) is 5. The molecule has 0 rings (SSSR count). The summed E-state index contributed by atoms with van der Waals surface area (Å²) >= 11 is 0. The lowest BCUT2D eigenvalue weighted by Crippen LogP contribution is -2.07. The number of nitriles is 1. The fraction of sp³-hybridized carbons (Fsp3) is 0.556. The van der Waals surface area contributed by atoms with Crippen LogP contribution >= 0.6 is 0 Å². The number of nitrogens with zero attached hydrogens (tertiary/aromatic N) is 1. The topological polar surface area (TPSA) is 68.6 Å². The van der Waals surface area contributed by atoms with Crippen molar-refractivity contribution >= 4 is 5.97 Å². The Morgan fingerprint density at radius 1 is 1.50 bits per heavy atom. The lowest BCUT2D eigenvalue weighted by molar-refractivity contribution is -0.138. The quantitative estimate of drug-likeness (QED) is 0.206. The van der Waals surface area contributed by atoms with Gasteiger partial charge in [-0.2, -0.15) is 5.26 Å². The maximum Gasteiger partial charge on any atom is 0.352 e. The van der Waals surface area contributed by atoms with E-state index >= 15 is 0 Å². The smallest absolute Gasteiger partial charge is 0.352 e. The molecule has 0 amide bonds. The van der Waals surface area contributed by atoms with Crippen molar-refractivity contribution in [1.29, 1.82) is 5.26 Å². The number of carbonyl (C=O) groups excluding carboxylic acids is 1. The molecule has 0 aliphatic rings. The van der Waals surface area contributed by atoms with Crippen molar-refractivity contribution < 1.29 is 19.0 Å². The second kappa shape index (κ2) is 8.08. The maximum absolute atomic E-state index is 11.0. The van der Waals surface area contributed by atoms with E-state index in [0.29, 0.717) is 13.2 Å². The van der Waals surface area contributed by atoms with Crippen molar-refractivity contribution in [2.75, 3.05) is 26.9 Å². The third kappa shape index (κ3) is 5.17. The molecule has 0 fully saturated rings. The lowest BCUT2D eigenvalue weighted by Gasteiger charge is -2.01. The lowest BCUT2D eigenvalue weighted by atomic mass is 10.3. The molecule has 0 N–H and O–H groups in total. The average molecular weight is 199 g/mol. The molecule has 0 saturated heterocycles. The molecule has 5 nitrogen and oxygen atoms in total. The number of ether oxygens (including phenoxy) is 3. The largest absolute Gasteiger partial charge is 0.497 e. The first-order chi connectivity index (χ1) is 6.76. The number of esters is 1. The predicted molar refractivity (Wildman–Crippen MR) is 48.2 cm³/mol. The zero-order valence-corrected chi connectivity index (χ0v) is 8.28. The van der Waals surface area contributed by atoms with Crippen LogP contribution in [0.1, 0.15) is 6.92 Å². The van der Waals surface area contributed by atoms with Crippen LogP contribution in [0.2, 0.25) is 0 Å². The number of methoxy groups -OCH3 is 1. The molecule has 0 saturated carbocycles. The van der Waals surface area contributed by atoms with E-state index in [4.69, 9.17) is 14.7 Å². The normalized spacial score (nSPS) is 10.5. The second-order valence-electron chi connectivity index (χ2n) is 2.23. The Morgan fingerprint density at radius 2 is 2.21 bits per heavy atom. The van der Waals surface area contributed by atoms with E-state index in [-0.39, 0.29) is 12.2 Å². The van der Waals surface area contributed by atoms with Gasteiger partial charge in [0.05, 0.1) is 13.2 Å². The van der Waals surface area contributed by atoms with E-state index in [9.17, 15) is 4.79 Å². The molecule has 5 heteroatoms. The summed E-state index contributed by atoms with van der Waals surface area (Å²) in [5.74, 6) is -0.674. The minimum Gasteiger partial charge on any atom is -0.497 e. The van der Waals surface area contributed by atoms with Crippen molar-refractivity contribution in [2.45, 2.75) is 6.92 Å². The van der Waals surface area contributed by atoms with E-state index in [1.807, 2.05) is 0 Å². The Morgan fingerprint density at radius 3 is 2.71 bits per heavy atom. The molecule has 0 heterocycles. The number of hydrogen-bond donors (Lipinski definition) is 0. The van der Waals surface area contributed by atoms with Crippen molar-refractivity contribution in [1.82, 2.24) is 0 Å². The minimum atomic E-state index is -0.674. The molecule has 0 spiro atoms. The van der Waals surface area contributed by atoms with Gasteiger partial charge in [0, 0.05) is 7.11 Å². The number of carbonyl (C=O) groups is 1. The fourth-order valence-corrected chi connectivity index (χ4v) is 0.603. The monoisotopic (exact) mass is 199 g/mol. The second-order valence-corrected chi connectivity index (χ2v) is 2.23. The van der Waals surface area contributed by atoms with E-state index in [2.05, 4.69) is 4.74 Å². The van der Waals surface area contributed by atoms with Crippen LogP contribution in [0.3, 0.4) is 0 Å². The summed E-state index contributed by atoms with van der Waals surface area (Å²) < 4.78 is 14.2. The fourth-order valence-electron chi connectivity index (χ4n) is 0.603. The van der Waals surface area contributed by atoms with Crippen LogP contribution < -0.4 is 0 Å². The van der Waals surface area contributed by atoms with Crippen LogP contribution in [0.4, 0.5) is 0 Å². The van der Waals surface area contributed by atoms with Gasteiger partial charge in [-0.15, -0.1) is 0 Å². The zero-order valence-electron chi connectivity index (χ0n) is 8.28. The van der Waals surface area contributed by atoms with Gasteiger partial charge in [-0.1, -0.05) is 0 Å². The van der Waals surface area contributed by atoms with Gasteiger partial charge in [0.2, 0.25) is 0 Å². The first kappa shape index (κ1) is 12.5. The predicted octanol–water partition coefficient (Wildman–Crippen LogP) is 0.620. The van der Waals surface area contributed by atoms with Crippen LogP contribution in [0.5, 0.6) is 0 Å². The van der Waals surface area contributed by atoms with Gasteiger partial charge < -0.3 is 14.2 Å². The van der Waals surface area contributed by atoms with Crippen LogP contribution in [-0.2, 0) is 19.0 Å². The molecule has 14 heavy (non-hydrogen) atoms. The number of rotatable bonds is 6. The molecule has 0 aromatic heterocycles. The summed E-state index contributed by atoms with van der Waals surface area (Å²) in [6.07, 6.45) is 1.08. The SMILES string of the molecule is CCOC(=O)/C(C#N)=C/OCCOC. The molecule has 0 atom stereocenters. The standard InChI is InChI=1S/C9H13NO4/c1-3-14-9(11)8(6-10)7-13-5-4-12-2/h7H,3-5H2,1-2H3/b8-7+. The molecule has 0 aliphatic carbocycles. The Kier molecular flexibility index (Phi) is 7.19. The Labute approximate surface area is 82.9 Å². The molecule has 0 aliphatic heterocycles. The molecule has 0 aromatic carbocycles. The summed E-state index contributed by atoms with van der Waals surface area (Å²) in [6, 6.07) is 1.68. The van der Waals surface area contributed by atoms with Crippen molar-refractivity contribution in [2.24, 2.45) is 0 Å². The van der Waals surface area contributed by atoms with Crippen LogP contribution in [0.25, 0.3) is 0 Å². The van der Waals surface area contributed by atoms with E-state index in [1.54, 1.807) is 13.0 Å². The third-order valence-electron chi connectivity index (χ3n) is 1.22. The average Bonchev–Trinajstić information content (AvgIpc) is 2.18. The Bertz CT molecular complexity index is 242. The van der Waals surface area contributed by atoms with Crippen LogP contribution in [0.15, 0.2) is 11.8 Å². The van der Waals surface area contributed by atoms with Gasteiger partial charge in [-0.25, -0.2) is 4.79 Å². The van der Waals surface area contributed by atoms with Gasteiger partial charge in [-0.05, 0) is 6.92 Å². The summed E-state index contributed by atoms with van der Waals surface area (Å²) in [5, 5.41) is 8.55. The van der Waals surface area contributed by atoms with E-state index in [1.165, 1.54) is 7.11 Å². The van der Waals surface area contributed by atoms with E-state index in [0.717, 1.165) is 6.26 Å². The van der Waals surface area contributed by atoms with Crippen molar-refractivity contribution in [3.8, 4) is 6.07 Å². The first-order valence-electron chi connectivity index (χ1n) is 4.14. The van der Waals surface area contributed by atoms with Gasteiger partial charge in [0.15, 0.2) is 5.57 Å². The Hall–Kier alpha value is -1.54. The van der Waals surface area contributed by atoms with Gasteiger partial charge in [-0.3, -0.25) is 0 Å². The van der Waals surface area contributed by atoms with Crippen molar-refractivity contribution in [3.63, 3.8) is 0 Å². The molecule has 78 valence electrons. The van der Waals surface area contributed by atoms with Gasteiger partial charge in [0.1, 0.15) is 18.9 Å². The van der Waals surface area contributed by atoms with Crippen LogP contribution in [-0.4, -0.2) is 32.9 Å². The molecular formula is C9H13NO4. The highest BCUT2D eigenvalue weighted by Gasteiger charge is 2.09. The van der Waals surface area contributed by atoms with Crippen molar-refractivity contribution in [3.05, 3.63) is 11.8 Å². The molecule has 0 radical (unpaired) electrons. The van der Waals surface area contributed by atoms with E-state index < -0.39 is 5.97 Å². The first-order valence-corrected chi connectivity index (χ1v) is 4.14. The summed E-state index contributed by atoms with van der Waals surface area (Å²) in [5.41, 5.74) is -0.150. The zero-order chi connectivity index (χ0) is 10.8. The van der Waals surface area contributed by atoms with Gasteiger partial charge >= 0.3 is 5.97 Å². The van der Waals surface area contributed by atoms with Gasteiger partial charge in [0.25, 0.3) is 0 Å². The van der Waals surface area contributed by atoms with Crippen LogP contribution in [0, 0.1) is 11.3 Å². The Balaban J connectivity index is 4.00. The highest BCUT2D eigenvalue weighted by atomic mass is 16.5. The summed E-state index contributed by atoms with van der Waals surface area (Å²) in [4.78, 5) is 11.0. The molecule has 0 unspecified atom stereocenters. The molecular weight excluding hydrogens is 186 g/mol. The maximum atomic E-state index is 11.0. The minimum absolute atomic E-state index is 0.150. The highest BCUT2D eigenvalue weighted by Crippen LogP contribution is 1.97. The third-order valence-corrected chi connectivity index (χ3v) is 1.22. The summed E-state index contributed by atoms with van der Waals surface area (Å²) in [6.45, 7) is 2.59. The molecule has 0 bridgehead atoms. The summed E-state index contributed by atoms with van der Waals surface area (Å²) in [7, 11) is 1.53.